The van der Waals surface area contributed by atoms with Gasteiger partial charge in [-0.25, -0.2) is 0 Å². The number of thiophene rings is 1. The maximum Gasteiger partial charge on any atom is 0.293 e. The molecule has 1 rings (SSSR count). The van der Waals surface area contributed by atoms with E-state index in [1.54, 1.807) is 10.8 Å². The molecule has 0 saturated heterocycles. The number of anilines is 1. The van der Waals surface area contributed by atoms with Crippen molar-refractivity contribution in [1.82, 2.24) is 0 Å². The third-order valence-corrected chi connectivity index (χ3v) is 2.52. The topological polar surface area (TPSA) is 72.5 Å². The van der Waals surface area contributed by atoms with Crippen LogP contribution in [0, 0.1) is 0 Å². The number of carbonyl (C=O) groups is 3. The van der Waals surface area contributed by atoms with Gasteiger partial charge in [0.15, 0.2) is 0 Å². The smallest absolute Gasteiger partial charge is 0.293 e. The van der Waals surface area contributed by atoms with Crippen LogP contribution < -0.4 is 5.32 Å². The zero-order valence-corrected chi connectivity index (χ0v) is 9.50. The summed E-state index contributed by atoms with van der Waals surface area (Å²) in [4.78, 5) is 32.0. The van der Waals surface area contributed by atoms with Crippen molar-refractivity contribution in [1.29, 1.82) is 0 Å². The van der Waals surface area contributed by atoms with Crippen molar-refractivity contribution >= 4 is 35.2 Å². The molecule has 1 N–H and O–H groups in total. The van der Waals surface area contributed by atoms with Crippen LogP contribution in [-0.4, -0.2) is 18.2 Å². The molecule has 1 aromatic rings. The molecule has 1 heterocycles. The van der Waals surface area contributed by atoms with E-state index in [0.29, 0.717) is 17.7 Å². The van der Waals surface area contributed by atoms with Gasteiger partial charge in [0.25, 0.3) is 6.47 Å². The summed E-state index contributed by atoms with van der Waals surface area (Å²) in [7, 11) is 0. The van der Waals surface area contributed by atoms with Crippen LogP contribution in [0.4, 0.5) is 5.69 Å². The SMILES string of the molecule is CC(=O)CC(=O)Nc1cscc1COC=O. The third-order valence-electron chi connectivity index (χ3n) is 1.73. The Morgan fingerprint density at radius 1 is 1.50 bits per heavy atom. The second kappa shape index (κ2) is 6.02. The van der Waals surface area contributed by atoms with Crippen LogP contribution in [0.2, 0.25) is 0 Å². The maximum atomic E-state index is 11.3. The van der Waals surface area contributed by atoms with E-state index in [0.717, 1.165) is 0 Å². The molecule has 1 aromatic heterocycles. The zero-order valence-electron chi connectivity index (χ0n) is 8.69. The van der Waals surface area contributed by atoms with Gasteiger partial charge in [-0.2, -0.15) is 0 Å². The average Bonchev–Trinajstić information content (AvgIpc) is 2.61. The Morgan fingerprint density at radius 2 is 2.25 bits per heavy atom. The lowest BCUT2D eigenvalue weighted by atomic mass is 10.2. The lowest BCUT2D eigenvalue weighted by Crippen LogP contribution is -2.15. The van der Waals surface area contributed by atoms with Crippen molar-refractivity contribution in [3.05, 3.63) is 16.3 Å². The number of ether oxygens (including phenoxy) is 1. The van der Waals surface area contributed by atoms with E-state index >= 15 is 0 Å². The van der Waals surface area contributed by atoms with Gasteiger partial charge in [-0.1, -0.05) is 0 Å². The van der Waals surface area contributed by atoms with Crippen LogP contribution in [0.25, 0.3) is 0 Å². The van der Waals surface area contributed by atoms with Crippen molar-refractivity contribution in [2.24, 2.45) is 0 Å². The van der Waals surface area contributed by atoms with Crippen molar-refractivity contribution < 1.29 is 19.1 Å². The maximum absolute atomic E-state index is 11.3. The van der Waals surface area contributed by atoms with Gasteiger partial charge >= 0.3 is 0 Å². The first kappa shape index (κ1) is 12.4. The molecule has 1 amide bonds. The minimum absolute atomic E-state index is 0.114. The Bertz CT molecular complexity index is 399. The van der Waals surface area contributed by atoms with Gasteiger partial charge in [0, 0.05) is 10.9 Å². The van der Waals surface area contributed by atoms with E-state index < -0.39 is 0 Å². The number of amides is 1. The lowest BCUT2D eigenvalue weighted by molar-refractivity contribution is -0.129. The minimum Gasteiger partial charge on any atom is -0.463 e. The van der Waals surface area contributed by atoms with Crippen molar-refractivity contribution in [3.8, 4) is 0 Å². The van der Waals surface area contributed by atoms with Crippen LogP contribution in [0.3, 0.4) is 0 Å². The second-order valence-corrected chi connectivity index (χ2v) is 3.89. The Balaban J connectivity index is 2.59. The van der Waals surface area contributed by atoms with Crippen LogP contribution in [0.15, 0.2) is 10.8 Å². The molecule has 0 aromatic carbocycles. The van der Waals surface area contributed by atoms with Gasteiger partial charge < -0.3 is 10.1 Å². The summed E-state index contributed by atoms with van der Waals surface area (Å²) in [6.07, 6.45) is -0.149. The monoisotopic (exact) mass is 241 g/mol. The molecular weight excluding hydrogens is 230 g/mol. The molecule has 0 aliphatic carbocycles. The molecule has 0 aliphatic heterocycles. The van der Waals surface area contributed by atoms with Gasteiger partial charge in [-0.05, 0) is 12.3 Å². The predicted octanol–water partition coefficient (Wildman–Crippen LogP) is 1.34. The summed E-state index contributed by atoms with van der Waals surface area (Å²) in [6, 6.07) is 0. The van der Waals surface area contributed by atoms with E-state index in [1.165, 1.54) is 18.3 Å². The fourth-order valence-electron chi connectivity index (χ4n) is 1.09. The van der Waals surface area contributed by atoms with E-state index in [4.69, 9.17) is 0 Å². The largest absolute Gasteiger partial charge is 0.463 e. The number of ketones is 1. The first-order valence-electron chi connectivity index (χ1n) is 4.53. The number of hydrogen-bond donors (Lipinski definition) is 1. The first-order valence-corrected chi connectivity index (χ1v) is 5.47. The molecule has 86 valence electrons. The van der Waals surface area contributed by atoms with Crippen LogP contribution in [0.1, 0.15) is 18.9 Å². The van der Waals surface area contributed by atoms with Gasteiger partial charge in [0.2, 0.25) is 5.91 Å². The van der Waals surface area contributed by atoms with E-state index in [1.807, 2.05) is 0 Å². The van der Waals surface area contributed by atoms with Gasteiger partial charge in [0.1, 0.15) is 12.4 Å². The summed E-state index contributed by atoms with van der Waals surface area (Å²) in [5, 5.41) is 6.08. The minimum atomic E-state index is -0.363. The molecule has 6 heteroatoms. The van der Waals surface area contributed by atoms with Crippen molar-refractivity contribution in [2.75, 3.05) is 5.32 Å². The molecular formula is C10H11NO4S. The third kappa shape index (κ3) is 3.82. The Labute approximate surface area is 96.4 Å². The molecule has 0 saturated carbocycles. The first-order chi connectivity index (χ1) is 7.63. The van der Waals surface area contributed by atoms with Crippen LogP contribution >= 0.6 is 11.3 Å². The fraction of sp³-hybridized carbons (Fsp3) is 0.300. The molecule has 0 spiro atoms. The lowest BCUT2D eigenvalue weighted by Gasteiger charge is -2.04. The van der Waals surface area contributed by atoms with E-state index in [2.05, 4.69) is 10.1 Å². The van der Waals surface area contributed by atoms with Crippen LogP contribution in [0.5, 0.6) is 0 Å². The highest BCUT2D eigenvalue weighted by molar-refractivity contribution is 7.08. The summed E-state index contributed by atoms with van der Waals surface area (Å²) < 4.78 is 4.59. The molecule has 0 atom stereocenters. The highest BCUT2D eigenvalue weighted by Gasteiger charge is 2.09. The van der Waals surface area contributed by atoms with Crippen molar-refractivity contribution in [2.45, 2.75) is 20.0 Å². The summed E-state index contributed by atoms with van der Waals surface area (Å²) in [5.41, 5.74) is 1.30. The number of hydrogen-bond acceptors (Lipinski definition) is 5. The molecule has 0 bridgehead atoms. The standard InChI is InChI=1S/C10H11NO4S/c1-7(13)2-10(14)11-9-5-16-4-8(9)3-15-6-12/h4-6H,2-3H2,1H3,(H,11,14). The molecule has 0 aliphatic rings. The second-order valence-electron chi connectivity index (χ2n) is 3.14. The van der Waals surface area contributed by atoms with Crippen molar-refractivity contribution in [3.63, 3.8) is 0 Å². The number of Topliss-reactive ketones (excluding diaryl/α,β-unsaturated/α-hetero) is 1. The number of nitrogens with one attached hydrogen (secondary N) is 1. The predicted molar refractivity (Wildman–Crippen MR) is 59.1 cm³/mol. The fourth-order valence-corrected chi connectivity index (χ4v) is 1.86. The molecule has 16 heavy (non-hydrogen) atoms. The van der Waals surface area contributed by atoms with E-state index in [9.17, 15) is 14.4 Å². The number of carbonyl (C=O) groups excluding carboxylic acids is 3. The zero-order chi connectivity index (χ0) is 12.0. The molecule has 0 unspecified atom stereocenters. The molecule has 0 radical (unpaired) electrons. The Hall–Kier alpha value is -1.69. The van der Waals surface area contributed by atoms with Gasteiger partial charge in [0.05, 0.1) is 12.1 Å². The summed E-state index contributed by atoms with van der Waals surface area (Å²) >= 11 is 1.38. The Morgan fingerprint density at radius 3 is 2.88 bits per heavy atom. The number of rotatable bonds is 6. The average molecular weight is 241 g/mol. The molecule has 0 fully saturated rings. The normalized spacial score (nSPS) is 9.56. The van der Waals surface area contributed by atoms with Gasteiger partial charge in [-0.15, -0.1) is 11.3 Å². The highest BCUT2D eigenvalue weighted by Crippen LogP contribution is 2.21. The Kier molecular flexibility index (Phi) is 4.65. The quantitative estimate of drug-likeness (QED) is 0.602. The van der Waals surface area contributed by atoms with Crippen LogP contribution in [-0.2, 0) is 25.7 Å². The summed E-state index contributed by atoms with van der Waals surface area (Å²) in [5.74, 6) is -0.559. The van der Waals surface area contributed by atoms with E-state index in [-0.39, 0.29) is 24.7 Å². The summed E-state index contributed by atoms with van der Waals surface area (Å²) in [6.45, 7) is 1.81. The molecule has 5 nitrogen and oxygen atoms in total. The highest BCUT2D eigenvalue weighted by atomic mass is 32.1. The van der Waals surface area contributed by atoms with Gasteiger partial charge in [-0.3, -0.25) is 14.4 Å².